The van der Waals surface area contributed by atoms with E-state index in [1.807, 2.05) is 64.1 Å². The quantitative estimate of drug-likeness (QED) is 0.556. The molecule has 5 heteroatoms. The zero-order valence-corrected chi connectivity index (χ0v) is 15.3. The number of nitrogens with zero attached hydrogens (tertiary/aromatic N) is 4. The van der Waals surface area contributed by atoms with Crippen LogP contribution in [0.1, 0.15) is 22.4 Å². The summed E-state index contributed by atoms with van der Waals surface area (Å²) < 4.78 is 3.19. The van der Waals surface area contributed by atoms with Gasteiger partial charge in [0.2, 0.25) is 0 Å². The zero-order chi connectivity index (χ0) is 18.4. The van der Waals surface area contributed by atoms with Crippen molar-refractivity contribution in [2.75, 3.05) is 0 Å². The first-order chi connectivity index (χ1) is 12.5. The predicted molar refractivity (Wildman–Crippen MR) is 103 cm³/mol. The van der Waals surface area contributed by atoms with E-state index in [0.29, 0.717) is 5.52 Å². The summed E-state index contributed by atoms with van der Waals surface area (Å²) >= 11 is 0. The van der Waals surface area contributed by atoms with Crippen molar-refractivity contribution in [2.24, 2.45) is 0 Å². The molecule has 4 rings (SSSR count). The molecule has 4 aromatic rings. The molecule has 0 saturated carbocycles. The van der Waals surface area contributed by atoms with Gasteiger partial charge in [-0.15, -0.1) is 0 Å². The molecule has 26 heavy (non-hydrogen) atoms. The van der Waals surface area contributed by atoms with E-state index in [1.54, 1.807) is 10.9 Å². The Hall–Kier alpha value is -3.21. The summed E-state index contributed by atoms with van der Waals surface area (Å²) in [4.78, 5) is 13.3. The van der Waals surface area contributed by atoms with Crippen LogP contribution < -0.4 is 5.56 Å². The van der Waals surface area contributed by atoms with Crippen molar-refractivity contribution in [3.05, 3.63) is 81.4 Å². The normalized spacial score (nSPS) is 11.2. The second-order valence-electron chi connectivity index (χ2n) is 6.75. The van der Waals surface area contributed by atoms with Crippen LogP contribution in [0.25, 0.3) is 22.3 Å². The van der Waals surface area contributed by atoms with E-state index < -0.39 is 0 Å². The van der Waals surface area contributed by atoms with Crippen LogP contribution in [0.4, 0.5) is 0 Å². The Bertz CT molecular complexity index is 1180. The van der Waals surface area contributed by atoms with Crippen molar-refractivity contribution >= 4 is 10.9 Å². The van der Waals surface area contributed by atoms with Gasteiger partial charge in [0.05, 0.1) is 23.3 Å². The van der Waals surface area contributed by atoms with Gasteiger partial charge in [-0.2, -0.15) is 14.9 Å². The summed E-state index contributed by atoms with van der Waals surface area (Å²) in [5.74, 6) is 0. The summed E-state index contributed by atoms with van der Waals surface area (Å²) in [5, 5.41) is 9.76. The van der Waals surface area contributed by atoms with Crippen LogP contribution in [0, 0.1) is 27.7 Å². The molecule has 5 nitrogen and oxygen atoms in total. The second-order valence-corrected chi connectivity index (χ2v) is 6.75. The number of aryl methyl sites for hydroxylation is 4. The molecule has 0 fully saturated rings. The highest BCUT2D eigenvalue weighted by atomic mass is 16.1. The van der Waals surface area contributed by atoms with Crippen molar-refractivity contribution < 1.29 is 0 Å². The Kier molecular flexibility index (Phi) is 3.72. The minimum absolute atomic E-state index is 0.171. The minimum Gasteiger partial charge on any atom is -0.265 e. The summed E-state index contributed by atoms with van der Waals surface area (Å²) in [7, 11) is 0. The van der Waals surface area contributed by atoms with Crippen molar-refractivity contribution in [3.8, 4) is 11.4 Å². The number of hydrogen-bond donors (Lipinski definition) is 0. The largest absolute Gasteiger partial charge is 0.298 e. The van der Waals surface area contributed by atoms with Crippen molar-refractivity contribution in [3.63, 3.8) is 0 Å². The molecule has 0 bridgehead atoms. The Morgan fingerprint density at radius 2 is 1.54 bits per heavy atom. The Balaban J connectivity index is 2.03. The first-order valence-corrected chi connectivity index (χ1v) is 8.58. The van der Waals surface area contributed by atoms with Crippen LogP contribution in [0.2, 0.25) is 0 Å². The van der Waals surface area contributed by atoms with Crippen LogP contribution in [-0.4, -0.2) is 19.6 Å². The lowest BCUT2D eigenvalue weighted by molar-refractivity contribution is 0.785. The van der Waals surface area contributed by atoms with Gasteiger partial charge in [-0.25, -0.2) is 4.68 Å². The van der Waals surface area contributed by atoms with E-state index in [1.165, 1.54) is 4.68 Å². The average molecular weight is 344 g/mol. The van der Waals surface area contributed by atoms with Crippen LogP contribution in [0.5, 0.6) is 0 Å². The fourth-order valence-electron chi connectivity index (χ4n) is 3.26. The highest BCUT2D eigenvalue weighted by Crippen LogP contribution is 2.20. The number of aromatic nitrogens is 4. The maximum Gasteiger partial charge on any atom is 0.298 e. The highest BCUT2D eigenvalue weighted by Gasteiger charge is 2.16. The third-order valence-electron chi connectivity index (χ3n) is 4.66. The van der Waals surface area contributed by atoms with Gasteiger partial charge in [0.1, 0.15) is 5.52 Å². The minimum atomic E-state index is -0.171. The number of rotatable bonds is 2. The molecule has 0 aliphatic rings. The molecule has 2 aromatic heterocycles. The molecule has 2 aromatic carbocycles. The molecule has 2 heterocycles. The van der Waals surface area contributed by atoms with Gasteiger partial charge in [0.25, 0.3) is 5.56 Å². The van der Waals surface area contributed by atoms with Gasteiger partial charge in [-0.3, -0.25) is 4.79 Å². The summed E-state index contributed by atoms with van der Waals surface area (Å²) in [6.45, 7) is 7.97. The number of benzene rings is 2. The van der Waals surface area contributed by atoms with E-state index >= 15 is 0 Å². The van der Waals surface area contributed by atoms with E-state index in [9.17, 15) is 4.79 Å². The lowest BCUT2D eigenvalue weighted by Gasteiger charge is -2.11. The molecule has 0 N–H and O–H groups in total. The monoisotopic (exact) mass is 344 g/mol. The molecule has 130 valence electrons. The van der Waals surface area contributed by atoms with E-state index in [4.69, 9.17) is 0 Å². The summed E-state index contributed by atoms with van der Waals surface area (Å²) in [6.07, 6.45) is 1.71. The average Bonchev–Trinajstić information content (AvgIpc) is 3.05. The maximum atomic E-state index is 13.3. The zero-order valence-electron chi connectivity index (χ0n) is 15.3. The van der Waals surface area contributed by atoms with Crippen molar-refractivity contribution in [1.82, 2.24) is 19.6 Å². The van der Waals surface area contributed by atoms with Gasteiger partial charge in [-0.1, -0.05) is 35.4 Å². The smallest absolute Gasteiger partial charge is 0.265 e. The lowest BCUT2D eigenvalue weighted by atomic mass is 10.1. The van der Waals surface area contributed by atoms with Gasteiger partial charge in [0.15, 0.2) is 0 Å². The van der Waals surface area contributed by atoms with Crippen molar-refractivity contribution in [1.29, 1.82) is 0 Å². The van der Waals surface area contributed by atoms with E-state index in [0.717, 1.165) is 39.1 Å². The SMILES string of the molecule is Cc1ccc(-n2ncc3c(C)nn(-c4ccc(C)cc4C)c(=O)c32)cc1. The number of hydrogen-bond acceptors (Lipinski definition) is 3. The molecule has 0 amide bonds. The fraction of sp³-hybridized carbons (Fsp3) is 0.190. The molecule has 0 radical (unpaired) electrons. The molecule has 0 aliphatic heterocycles. The lowest BCUT2D eigenvalue weighted by Crippen LogP contribution is -2.24. The Morgan fingerprint density at radius 3 is 2.23 bits per heavy atom. The summed E-state index contributed by atoms with van der Waals surface area (Å²) in [5.41, 5.74) is 6.13. The first kappa shape index (κ1) is 16.3. The van der Waals surface area contributed by atoms with Gasteiger partial charge in [-0.05, 0) is 51.5 Å². The van der Waals surface area contributed by atoms with Crippen LogP contribution in [-0.2, 0) is 0 Å². The number of fused-ring (bicyclic) bond motifs is 1. The first-order valence-electron chi connectivity index (χ1n) is 8.58. The van der Waals surface area contributed by atoms with E-state index in [-0.39, 0.29) is 5.56 Å². The second kappa shape index (κ2) is 5.95. The topological polar surface area (TPSA) is 52.7 Å². The molecule has 0 aliphatic carbocycles. The molecule has 0 atom stereocenters. The molecule has 0 spiro atoms. The molecule has 0 saturated heterocycles. The molecular formula is C21H20N4O. The Morgan fingerprint density at radius 1 is 0.846 bits per heavy atom. The van der Waals surface area contributed by atoms with Crippen LogP contribution in [0.3, 0.4) is 0 Å². The molecular weight excluding hydrogens is 324 g/mol. The van der Waals surface area contributed by atoms with Gasteiger partial charge >= 0.3 is 0 Å². The molecule has 0 unspecified atom stereocenters. The third-order valence-corrected chi connectivity index (χ3v) is 4.66. The van der Waals surface area contributed by atoms with Crippen LogP contribution in [0.15, 0.2) is 53.5 Å². The Labute approximate surface area is 151 Å². The summed E-state index contributed by atoms with van der Waals surface area (Å²) in [6, 6.07) is 14.0. The third kappa shape index (κ3) is 2.52. The fourth-order valence-corrected chi connectivity index (χ4v) is 3.26. The van der Waals surface area contributed by atoms with Gasteiger partial charge < -0.3 is 0 Å². The van der Waals surface area contributed by atoms with Crippen LogP contribution >= 0.6 is 0 Å². The van der Waals surface area contributed by atoms with Gasteiger partial charge in [0, 0.05) is 5.39 Å². The van der Waals surface area contributed by atoms with Crippen molar-refractivity contribution in [2.45, 2.75) is 27.7 Å². The predicted octanol–water partition coefficient (Wildman–Crippen LogP) is 3.81. The maximum absolute atomic E-state index is 13.3. The van der Waals surface area contributed by atoms with E-state index in [2.05, 4.69) is 16.3 Å². The highest BCUT2D eigenvalue weighted by molar-refractivity contribution is 5.81. The standard InChI is InChI=1S/C21H20N4O/c1-13-5-8-17(9-6-13)24-20-18(12-22-24)16(4)23-25(21(20)26)19-10-7-14(2)11-15(19)3/h5-12H,1-4H3.